The number of fused-ring (bicyclic) bond motifs is 1. The number of aryl methyl sites for hydroxylation is 1. The number of hydrogen-bond donors (Lipinski definition) is 1. The number of halogens is 1. The summed E-state index contributed by atoms with van der Waals surface area (Å²) in [6.07, 6.45) is 1.06. The molecule has 0 bridgehead atoms. The summed E-state index contributed by atoms with van der Waals surface area (Å²) in [5, 5.41) is 15.6. The Kier molecular flexibility index (Phi) is 4.23. The van der Waals surface area contributed by atoms with Crippen molar-refractivity contribution in [3.63, 3.8) is 0 Å². The number of carbonyl (C=O) groups excluding carboxylic acids is 1. The van der Waals surface area contributed by atoms with E-state index in [1.165, 1.54) is 15.9 Å². The van der Waals surface area contributed by atoms with Crippen LogP contribution in [0.15, 0.2) is 24.3 Å². The van der Waals surface area contributed by atoms with Gasteiger partial charge < -0.3 is 5.11 Å². The second-order valence-electron chi connectivity index (χ2n) is 6.17. The van der Waals surface area contributed by atoms with E-state index in [0.29, 0.717) is 41.7 Å². The Morgan fingerprint density at radius 1 is 1.24 bits per heavy atom. The van der Waals surface area contributed by atoms with E-state index in [4.69, 9.17) is 11.6 Å². The third kappa shape index (κ3) is 3.03. The van der Waals surface area contributed by atoms with Crippen molar-refractivity contribution in [3.8, 4) is 5.88 Å². The number of aromatic nitrogens is 3. The molecule has 1 unspecified atom stereocenters. The molecule has 2 aromatic heterocycles. The molecule has 0 aliphatic carbocycles. The Labute approximate surface area is 153 Å². The zero-order valence-electron chi connectivity index (χ0n) is 13.6. The van der Waals surface area contributed by atoms with Crippen molar-refractivity contribution < 1.29 is 9.90 Å². The van der Waals surface area contributed by atoms with E-state index in [1.54, 1.807) is 6.92 Å². The van der Waals surface area contributed by atoms with Crippen molar-refractivity contribution in [2.24, 2.45) is 0 Å². The third-order valence-electron chi connectivity index (χ3n) is 4.46. The first-order valence-electron chi connectivity index (χ1n) is 8.09. The monoisotopic (exact) mass is 376 g/mol. The minimum Gasteiger partial charge on any atom is -0.492 e. The lowest BCUT2D eigenvalue weighted by Crippen LogP contribution is -2.37. The SMILES string of the molecule is Cc1nc2sc(C(c3ccc(Cl)cc3)N3CCC(=O)CC3)c(O)n2n1. The van der Waals surface area contributed by atoms with Gasteiger partial charge in [-0.2, -0.15) is 4.52 Å². The quantitative estimate of drug-likeness (QED) is 0.760. The first-order chi connectivity index (χ1) is 12.0. The third-order valence-corrected chi connectivity index (χ3v) is 5.79. The fourth-order valence-corrected chi connectivity index (χ4v) is 4.52. The van der Waals surface area contributed by atoms with Gasteiger partial charge in [-0.25, -0.2) is 4.98 Å². The van der Waals surface area contributed by atoms with E-state index >= 15 is 0 Å². The summed E-state index contributed by atoms with van der Waals surface area (Å²) in [4.78, 5) is 19.7. The molecule has 8 heteroatoms. The Morgan fingerprint density at radius 2 is 1.92 bits per heavy atom. The summed E-state index contributed by atoms with van der Waals surface area (Å²) >= 11 is 7.46. The Morgan fingerprint density at radius 3 is 2.56 bits per heavy atom. The van der Waals surface area contributed by atoms with Crippen LogP contribution in [0.2, 0.25) is 5.02 Å². The number of benzene rings is 1. The number of Topliss-reactive ketones (excluding diaryl/α,β-unsaturated/α-hetero) is 1. The van der Waals surface area contributed by atoms with Crippen molar-refractivity contribution in [3.05, 3.63) is 45.6 Å². The van der Waals surface area contributed by atoms with E-state index in [2.05, 4.69) is 15.0 Å². The van der Waals surface area contributed by atoms with Crippen LogP contribution in [-0.2, 0) is 4.79 Å². The van der Waals surface area contributed by atoms with Crippen LogP contribution < -0.4 is 0 Å². The highest BCUT2D eigenvalue weighted by atomic mass is 35.5. The van der Waals surface area contributed by atoms with Gasteiger partial charge >= 0.3 is 0 Å². The maximum Gasteiger partial charge on any atom is 0.230 e. The highest BCUT2D eigenvalue weighted by molar-refractivity contribution is 7.17. The molecule has 6 nitrogen and oxygen atoms in total. The van der Waals surface area contributed by atoms with E-state index in [-0.39, 0.29) is 17.7 Å². The van der Waals surface area contributed by atoms with Gasteiger partial charge in [0, 0.05) is 31.0 Å². The number of aromatic hydroxyl groups is 1. The predicted octanol–water partition coefficient (Wildman–Crippen LogP) is 3.21. The highest BCUT2D eigenvalue weighted by Gasteiger charge is 2.31. The molecule has 1 aliphatic rings. The number of piperidine rings is 1. The molecule has 0 radical (unpaired) electrons. The van der Waals surface area contributed by atoms with Gasteiger partial charge in [-0.15, -0.1) is 5.10 Å². The molecule has 1 aliphatic heterocycles. The zero-order valence-corrected chi connectivity index (χ0v) is 15.2. The molecule has 0 amide bonds. The standard InChI is InChI=1S/C17H17ClN4O2S/c1-10-19-17-22(20-10)16(24)15(25-17)14(11-2-4-12(18)5-3-11)21-8-6-13(23)7-9-21/h2-5,14,24H,6-9H2,1H3. The summed E-state index contributed by atoms with van der Waals surface area (Å²) in [5.74, 6) is 1.02. The average molecular weight is 377 g/mol. The lowest BCUT2D eigenvalue weighted by atomic mass is 10.00. The van der Waals surface area contributed by atoms with Gasteiger partial charge in [0.05, 0.1) is 10.9 Å². The molecule has 1 aromatic carbocycles. The minimum absolute atomic E-state index is 0.109. The van der Waals surface area contributed by atoms with Crippen molar-refractivity contribution in [2.45, 2.75) is 25.8 Å². The largest absolute Gasteiger partial charge is 0.492 e. The number of ketones is 1. The first kappa shape index (κ1) is 16.5. The number of nitrogens with zero attached hydrogens (tertiary/aromatic N) is 4. The van der Waals surface area contributed by atoms with Gasteiger partial charge in [-0.3, -0.25) is 9.69 Å². The Hall–Kier alpha value is -1.96. The van der Waals surface area contributed by atoms with Crippen LogP contribution in [0.1, 0.15) is 35.1 Å². The van der Waals surface area contributed by atoms with Crippen molar-refractivity contribution in [2.75, 3.05) is 13.1 Å². The van der Waals surface area contributed by atoms with Gasteiger partial charge in [-0.05, 0) is 24.6 Å². The molecule has 3 aromatic rings. The van der Waals surface area contributed by atoms with E-state index < -0.39 is 0 Å². The van der Waals surface area contributed by atoms with Gasteiger partial charge in [0.25, 0.3) is 0 Å². The molecule has 25 heavy (non-hydrogen) atoms. The van der Waals surface area contributed by atoms with E-state index in [1.807, 2.05) is 24.3 Å². The fourth-order valence-electron chi connectivity index (χ4n) is 3.23. The van der Waals surface area contributed by atoms with Crippen LogP contribution in [-0.4, -0.2) is 43.5 Å². The Balaban J connectivity index is 1.80. The molecule has 4 rings (SSSR count). The molecule has 3 heterocycles. The molecule has 130 valence electrons. The molecule has 1 N–H and O–H groups in total. The summed E-state index contributed by atoms with van der Waals surface area (Å²) in [6, 6.07) is 7.46. The normalized spacial score (nSPS) is 17.3. The summed E-state index contributed by atoms with van der Waals surface area (Å²) in [5.41, 5.74) is 1.02. The van der Waals surface area contributed by atoms with Crippen molar-refractivity contribution in [1.82, 2.24) is 19.5 Å². The van der Waals surface area contributed by atoms with Crippen LogP contribution in [0.25, 0.3) is 4.96 Å². The number of carbonyl (C=O) groups is 1. The second-order valence-corrected chi connectivity index (χ2v) is 7.62. The van der Waals surface area contributed by atoms with Crippen LogP contribution in [0.5, 0.6) is 5.88 Å². The van der Waals surface area contributed by atoms with Crippen LogP contribution in [0.3, 0.4) is 0 Å². The smallest absolute Gasteiger partial charge is 0.230 e. The fraction of sp³-hybridized carbons (Fsp3) is 0.353. The molecule has 1 fully saturated rings. The first-order valence-corrected chi connectivity index (χ1v) is 9.28. The maximum absolute atomic E-state index is 11.6. The number of likely N-dealkylation sites (tertiary alicyclic amines) is 1. The molecule has 0 saturated carbocycles. The Bertz CT molecular complexity index is 924. The summed E-state index contributed by atoms with van der Waals surface area (Å²) < 4.78 is 1.48. The highest BCUT2D eigenvalue weighted by Crippen LogP contribution is 2.40. The van der Waals surface area contributed by atoms with Crippen molar-refractivity contribution >= 4 is 33.7 Å². The minimum atomic E-state index is -0.154. The van der Waals surface area contributed by atoms with Crippen LogP contribution in [0.4, 0.5) is 0 Å². The predicted molar refractivity (Wildman–Crippen MR) is 96.4 cm³/mol. The molecular weight excluding hydrogens is 360 g/mol. The van der Waals surface area contributed by atoms with Gasteiger partial charge in [0.2, 0.25) is 10.8 Å². The summed E-state index contributed by atoms with van der Waals surface area (Å²) in [7, 11) is 0. The zero-order chi connectivity index (χ0) is 17.6. The average Bonchev–Trinajstić information content (AvgIpc) is 3.09. The molecule has 1 saturated heterocycles. The van der Waals surface area contributed by atoms with Gasteiger partial charge in [-0.1, -0.05) is 35.1 Å². The van der Waals surface area contributed by atoms with Gasteiger partial charge in [0.1, 0.15) is 11.6 Å². The maximum atomic E-state index is 11.6. The van der Waals surface area contributed by atoms with Gasteiger partial charge in [0.15, 0.2) is 0 Å². The number of rotatable bonds is 3. The molecular formula is C17H17ClN4O2S. The lowest BCUT2D eigenvalue weighted by molar-refractivity contribution is -0.121. The van der Waals surface area contributed by atoms with Crippen LogP contribution >= 0.6 is 22.9 Å². The lowest BCUT2D eigenvalue weighted by Gasteiger charge is -2.33. The van der Waals surface area contributed by atoms with E-state index in [0.717, 1.165) is 10.4 Å². The molecule has 0 spiro atoms. The molecule has 1 atom stereocenters. The van der Waals surface area contributed by atoms with E-state index in [9.17, 15) is 9.90 Å². The van der Waals surface area contributed by atoms with Crippen molar-refractivity contribution in [1.29, 1.82) is 0 Å². The number of hydrogen-bond acceptors (Lipinski definition) is 6. The number of thiazole rings is 1. The summed E-state index contributed by atoms with van der Waals surface area (Å²) in [6.45, 7) is 3.13. The second kappa shape index (κ2) is 6.40. The van der Waals surface area contributed by atoms with Crippen LogP contribution in [0, 0.1) is 6.92 Å². The topological polar surface area (TPSA) is 70.7 Å².